The Morgan fingerprint density at radius 1 is 1.07 bits per heavy atom. The van der Waals surface area contributed by atoms with E-state index in [1.807, 2.05) is 31.5 Å². The van der Waals surface area contributed by atoms with Crippen molar-refractivity contribution in [3.05, 3.63) is 86.1 Å². The SMILES string of the molecule is CCN1CCn2nc(Nc3cc(-c4ccnc(-n5ncc6cc(C(C)(C)C)cc(F)c6c5=O)c4CO)nn(C)c3=O)cc2C1. The van der Waals surface area contributed by atoms with Gasteiger partial charge >= 0.3 is 0 Å². The molecule has 228 valence electrons. The fourth-order valence-electron chi connectivity index (χ4n) is 5.50. The van der Waals surface area contributed by atoms with Crippen LogP contribution in [-0.2, 0) is 32.2 Å². The first kappa shape index (κ1) is 29.3. The second-order valence-electron chi connectivity index (χ2n) is 12.0. The molecule has 0 fully saturated rings. The molecule has 0 saturated heterocycles. The number of benzene rings is 1. The predicted molar refractivity (Wildman–Crippen MR) is 165 cm³/mol. The minimum atomic E-state index is -0.707. The maximum Gasteiger partial charge on any atom is 0.290 e. The summed E-state index contributed by atoms with van der Waals surface area (Å²) in [6, 6.07) is 8.24. The number of aliphatic hydroxyl groups excluding tert-OH is 1. The molecule has 0 amide bonds. The summed E-state index contributed by atoms with van der Waals surface area (Å²) >= 11 is 0. The summed E-state index contributed by atoms with van der Waals surface area (Å²) < 4.78 is 19.4. The number of pyridine rings is 1. The van der Waals surface area contributed by atoms with Gasteiger partial charge in [-0.25, -0.2) is 14.1 Å². The third-order valence-corrected chi connectivity index (χ3v) is 8.02. The van der Waals surface area contributed by atoms with E-state index < -0.39 is 18.0 Å². The smallest absolute Gasteiger partial charge is 0.290 e. The normalized spacial score (nSPS) is 13.8. The van der Waals surface area contributed by atoms with Crippen LogP contribution in [0, 0.1) is 5.82 Å². The zero-order valence-corrected chi connectivity index (χ0v) is 25.3. The summed E-state index contributed by atoms with van der Waals surface area (Å²) in [6.07, 6.45) is 2.87. The molecule has 5 aromatic rings. The Balaban J connectivity index is 1.42. The average molecular weight is 600 g/mol. The van der Waals surface area contributed by atoms with Crippen molar-refractivity contribution in [1.29, 1.82) is 0 Å². The van der Waals surface area contributed by atoms with E-state index in [9.17, 15) is 14.7 Å². The third kappa shape index (κ3) is 5.18. The van der Waals surface area contributed by atoms with Gasteiger partial charge in [0, 0.05) is 48.9 Å². The van der Waals surface area contributed by atoms with E-state index in [4.69, 9.17) is 0 Å². The molecule has 0 aliphatic carbocycles. The zero-order chi connectivity index (χ0) is 31.3. The number of hydrogen-bond donors (Lipinski definition) is 2. The van der Waals surface area contributed by atoms with Gasteiger partial charge in [0.2, 0.25) is 0 Å². The van der Waals surface area contributed by atoms with Gasteiger partial charge in [-0.15, -0.1) is 0 Å². The van der Waals surface area contributed by atoms with Crippen LogP contribution in [0.5, 0.6) is 0 Å². The minimum Gasteiger partial charge on any atom is -0.392 e. The molecule has 0 unspecified atom stereocenters. The molecule has 0 spiro atoms. The van der Waals surface area contributed by atoms with Crippen molar-refractivity contribution in [2.24, 2.45) is 7.05 Å². The zero-order valence-electron chi connectivity index (χ0n) is 25.3. The van der Waals surface area contributed by atoms with Gasteiger partial charge in [-0.3, -0.25) is 19.2 Å². The lowest BCUT2D eigenvalue weighted by Crippen LogP contribution is -2.33. The Labute approximate surface area is 252 Å². The molecule has 2 N–H and O–H groups in total. The molecule has 13 heteroatoms. The fourth-order valence-corrected chi connectivity index (χ4v) is 5.50. The molecule has 1 aliphatic rings. The van der Waals surface area contributed by atoms with Crippen LogP contribution in [0.3, 0.4) is 0 Å². The van der Waals surface area contributed by atoms with Gasteiger partial charge in [0.1, 0.15) is 11.5 Å². The van der Waals surface area contributed by atoms with E-state index in [2.05, 4.69) is 37.4 Å². The van der Waals surface area contributed by atoms with Crippen molar-refractivity contribution in [1.82, 2.24) is 39.2 Å². The van der Waals surface area contributed by atoms with Crippen LogP contribution < -0.4 is 16.4 Å². The average Bonchev–Trinajstić information content (AvgIpc) is 3.40. The lowest BCUT2D eigenvalue weighted by atomic mass is 9.86. The van der Waals surface area contributed by atoms with Crippen molar-refractivity contribution in [3.63, 3.8) is 0 Å². The highest BCUT2D eigenvalue weighted by molar-refractivity contribution is 5.82. The molecular formula is C31H34FN9O3. The lowest BCUT2D eigenvalue weighted by Gasteiger charge is -2.25. The molecule has 6 rings (SSSR count). The van der Waals surface area contributed by atoms with E-state index in [0.717, 1.165) is 42.1 Å². The number of nitrogens with zero attached hydrogens (tertiary/aromatic N) is 8. The van der Waals surface area contributed by atoms with Crippen LogP contribution in [0.1, 0.15) is 44.5 Å². The van der Waals surface area contributed by atoms with Crippen LogP contribution in [0.4, 0.5) is 15.9 Å². The summed E-state index contributed by atoms with van der Waals surface area (Å²) in [5, 5.41) is 27.2. The third-order valence-electron chi connectivity index (χ3n) is 8.02. The molecule has 0 saturated carbocycles. The van der Waals surface area contributed by atoms with Crippen molar-refractivity contribution in [2.75, 3.05) is 18.4 Å². The highest BCUT2D eigenvalue weighted by atomic mass is 19.1. The fraction of sp³-hybridized carbons (Fsp3) is 0.355. The Kier molecular flexibility index (Phi) is 7.38. The van der Waals surface area contributed by atoms with E-state index in [1.54, 1.807) is 18.2 Å². The van der Waals surface area contributed by atoms with Gasteiger partial charge in [-0.1, -0.05) is 27.7 Å². The summed E-state index contributed by atoms with van der Waals surface area (Å²) in [4.78, 5) is 33.3. The Morgan fingerprint density at radius 3 is 2.59 bits per heavy atom. The van der Waals surface area contributed by atoms with Crippen LogP contribution in [0.25, 0.3) is 27.8 Å². The monoisotopic (exact) mass is 599 g/mol. The quantitative estimate of drug-likeness (QED) is 0.302. The van der Waals surface area contributed by atoms with Gasteiger partial charge in [0.15, 0.2) is 11.6 Å². The largest absolute Gasteiger partial charge is 0.392 e. The molecule has 12 nitrogen and oxygen atoms in total. The van der Waals surface area contributed by atoms with Gasteiger partial charge < -0.3 is 10.4 Å². The number of aryl methyl sites for hydroxylation is 1. The summed E-state index contributed by atoms with van der Waals surface area (Å²) in [6.45, 7) is 10.8. The number of halogens is 1. The highest BCUT2D eigenvalue weighted by Gasteiger charge is 2.23. The number of anilines is 2. The second-order valence-corrected chi connectivity index (χ2v) is 12.0. The van der Waals surface area contributed by atoms with Crippen molar-refractivity contribution in [2.45, 2.75) is 52.8 Å². The van der Waals surface area contributed by atoms with Gasteiger partial charge in [0.05, 0.1) is 36.1 Å². The maximum atomic E-state index is 15.3. The number of aromatic nitrogens is 7. The summed E-state index contributed by atoms with van der Waals surface area (Å²) in [7, 11) is 1.53. The number of rotatable bonds is 6. The molecule has 44 heavy (non-hydrogen) atoms. The van der Waals surface area contributed by atoms with E-state index >= 15 is 4.39 Å². The Bertz CT molecular complexity index is 2020. The molecule has 1 aromatic carbocycles. The standard InChI is InChI=1S/C31H34FN9O3/c1-6-39-9-10-40-20(16-39)13-26(37-40)35-25-14-24(36-38(5)29(25)43)21-7-8-33-28(22(21)17-42)41-30(44)27-18(15-34-41)11-19(12-23(27)32)31(2,3)4/h7-8,11-15,42H,6,9-10,16-17H2,1-5H3,(H,35,37). The summed E-state index contributed by atoms with van der Waals surface area (Å²) in [5.74, 6) is -0.0914. The number of fused-ring (bicyclic) bond motifs is 2. The predicted octanol–water partition coefficient (Wildman–Crippen LogP) is 3.25. The number of aliphatic hydroxyl groups is 1. The molecule has 4 aromatic heterocycles. The topological polar surface area (TPSA) is 136 Å². The van der Waals surface area contributed by atoms with Crippen LogP contribution in [-0.4, -0.2) is 57.4 Å². The number of nitrogens with one attached hydrogen (secondary N) is 1. The molecule has 0 atom stereocenters. The van der Waals surface area contributed by atoms with E-state index in [0.29, 0.717) is 22.5 Å². The number of hydrogen-bond acceptors (Lipinski definition) is 9. The minimum absolute atomic E-state index is 0.0311. The number of likely N-dealkylation sites (N-methyl/N-ethyl adjacent to an activating group) is 1. The first-order valence-corrected chi connectivity index (χ1v) is 14.4. The van der Waals surface area contributed by atoms with Crippen molar-refractivity contribution in [3.8, 4) is 17.1 Å². The van der Waals surface area contributed by atoms with Gasteiger partial charge in [0.25, 0.3) is 11.1 Å². The lowest BCUT2D eigenvalue weighted by molar-refractivity contribution is 0.224. The summed E-state index contributed by atoms with van der Waals surface area (Å²) in [5.41, 5.74) is 1.63. The van der Waals surface area contributed by atoms with Crippen molar-refractivity contribution < 1.29 is 9.50 Å². The Hall–Kier alpha value is -4.75. The van der Waals surface area contributed by atoms with E-state index in [-0.39, 0.29) is 33.4 Å². The molecule has 0 radical (unpaired) electrons. The maximum absolute atomic E-state index is 15.3. The molecule has 0 bridgehead atoms. The van der Waals surface area contributed by atoms with Gasteiger partial charge in [-0.05, 0) is 41.8 Å². The van der Waals surface area contributed by atoms with Gasteiger partial charge in [-0.2, -0.15) is 20.0 Å². The van der Waals surface area contributed by atoms with E-state index in [1.165, 1.54) is 30.2 Å². The highest BCUT2D eigenvalue weighted by Crippen LogP contribution is 2.29. The van der Waals surface area contributed by atoms with Crippen LogP contribution in [0.15, 0.2) is 52.3 Å². The molecule has 5 heterocycles. The first-order chi connectivity index (χ1) is 21.0. The molecule has 1 aliphatic heterocycles. The van der Waals surface area contributed by atoms with Crippen molar-refractivity contribution >= 4 is 22.3 Å². The second kappa shape index (κ2) is 11.1. The first-order valence-electron chi connectivity index (χ1n) is 14.4. The van der Waals surface area contributed by atoms with Crippen LogP contribution >= 0.6 is 0 Å². The molecular weight excluding hydrogens is 565 g/mol. The Morgan fingerprint density at radius 2 is 1.86 bits per heavy atom. The van der Waals surface area contributed by atoms with Crippen LogP contribution in [0.2, 0.25) is 0 Å².